The van der Waals surface area contributed by atoms with Crippen molar-refractivity contribution in [2.75, 3.05) is 5.43 Å². The molecule has 0 aliphatic heterocycles. The van der Waals surface area contributed by atoms with E-state index in [2.05, 4.69) is 20.5 Å². The second-order valence-electron chi connectivity index (χ2n) is 5.87. The summed E-state index contributed by atoms with van der Waals surface area (Å²) in [5.74, 6) is 0.317. The summed E-state index contributed by atoms with van der Waals surface area (Å²) in [7, 11) is 2.99. The van der Waals surface area contributed by atoms with E-state index in [1.165, 1.54) is 11.6 Å². The van der Waals surface area contributed by atoms with Crippen LogP contribution in [0.4, 0.5) is 5.95 Å². The molecular weight excluding hydrogens is 370 g/mol. The van der Waals surface area contributed by atoms with Gasteiger partial charge in [0.05, 0.1) is 6.21 Å². The summed E-state index contributed by atoms with van der Waals surface area (Å²) in [6.07, 6.45) is 6.65. The van der Waals surface area contributed by atoms with Crippen LogP contribution in [-0.2, 0) is 20.6 Å². The number of hydrogen-bond acceptors (Lipinski definition) is 6. The van der Waals surface area contributed by atoms with Gasteiger partial charge < -0.3 is 0 Å². The lowest BCUT2D eigenvalue weighted by Gasteiger charge is -2.06. The molecule has 140 valence electrons. The van der Waals surface area contributed by atoms with Crippen LogP contribution in [-0.4, -0.2) is 29.9 Å². The van der Waals surface area contributed by atoms with Crippen molar-refractivity contribution in [3.8, 4) is 0 Å². The number of rotatable bonds is 5. The van der Waals surface area contributed by atoms with Crippen molar-refractivity contribution in [3.05, 3.63) is 62.0 Å². The van der Waals surface area contributed by atoms with Crippen LogP contribution < -0.4 is 16.7 Å². The van der Waals surface area contributed by atoms with Crippen LogP contribution in [0.1, 0.15) is 12.5 Å². The summed E-state index contributed by atoms with van der Waals surface area (Å²) in [6, 6.07) is 3.64. The number of anilines is 1. The predicted octanol–water partition coefficient (Wildman–Crippen LogP) is 1.42. The van der Waals surface area contributed by atoms with Gasteiger partial charge in [-0.15, -0.1) is 0 Å². The quantitative estimate of drug-likeness (QED) is 0.527. The number of pyridine rings is 1. The van der Waals surface area contributed by atoms with Crippen LogP contribution in [0, 0.1) is 0 Å². The monoisotopic (exact) mass is 387 g/mol. The average molecular weight is 388 g/mol. The van der Waals surface area contributed by atoms with Gasteiger partial charge in [-0.1, -0.05) is 23.7 Å². The van der Waals surface area contributed by atoms with E-state index in [0.717, 1.165) is 10.1 Å². The van der Waals surface area contributed by atoms with E-state index in [4.69, 9.17) is 11.6 Å². The SMILES string of the molecule is C/C(Cl)=C\Cn1c(N/N=C/c2cccnc2)nc2c1c(=O)n(C)c(=O)n2C. The fraction of sp³-hybridized carbons (Fsp3) is 0.235. The number of aromatic nitrogens is 5. The van der Waals surface area contributed by atoms with Crippen LogP contribution >= 0.6 is 11.6 Å². The number of aryl methyl sites for hydroxylation is 1. The molecule has 27 heavy (non-hydrogen) atoms. The first-order valence-corrected chi connectivity index (χ1v) is 8.45. The standard InChI is InChI=1S/C17H18ClN7O2/c1-11(18)6-8-25-13-14(23(2)17(27)24(3)15(13)26)21-16(25)22-20-10-12-5-4-7-19-9-12/h4-7,9-10H,8H2,1-3H3,(H,21,22)/b11-6+,20-10+. The zero-order chi connectivity index (χ0) is 19.6. The highest BCUT2D eigenvalue weighted by molar-refractivity contribution is 6.29. The maximum Gasteiger partial charge on any atom is 0.332 e. The summed E-state index contributed by atoms with van der Waals surface area (Å²) in [4.78, 5) is 33.2. The van der Waals surface area contributed by atoms with Gasteiger partial charge in [-0.05, 0) is 13.0 Å². The molecule has 10 heteroatoms. The fourth-order valence-electron chi connectivity index (χ4n) is 2.54. The average Bonchev–Trinajstić information content (AvgIpc) is 3.02. The second kappa shape index (κ2) is 7.58. The Morgan fingerprint density at radius 3 is 2.78 bits per heavy atom. The fourth-order valence-corrected chi connectivity index (χ4v) is 2.61. The lowest BCUT2D eigenvalue weighted by atomic mass is 10.3. The molecule has 3 rings (SSSR count). The minimum Gasteiger partial charge on any atom is -0.299 e. The number of imidazole rings is 1. The normalized spacial score (nSPS) is 12.2. The molecule has 0 spiro atoms. The van der Waals surface area contributed by atoms with E-state index in [1.54, 1.807) is 49.3 Å². The lowest BCUT2D eigenvalue weighted by molar-refractivity contribution is 0.703. The third-order valence-corrected chi connectivity index (χ3v) is 4.12. The Bertz CT molecular complexity index is 1150. The lowest BCUT2D eigenvalue weighted by Crippen LogP contribution is -2.37. The van der Waals surface area contributed by atoms with Crippen molar-refractivity contribution < 1.29 is 0 Å². The summed E-state index contributed by atoms with van der Waals surface area (Å²) in [5, 5.41) is 4.72. The predicted molar refractivity (Wildman–Crippen MR) is 105 cm³/mol. The van der Waals surface area contributed by atoms with Gasteiger partial charge >= 0.3 is 5.69 Å². The largest absolute Gasteiger partial charge is 0.332 e. The Morgan fingerprint density at radius 1 is 1.33 bits per heavy atom. The first-order valence-electron chi connectivity index (χ1n) is 8.07. The Labute approximate surface area is 159 Å². The van der Waals surface area contributed by atoms with E-state index in [9.17, 15) is 9.59 Å². The molecule has 0 aromatic carbocycles. The zero-order valence-electron chi connectivity index (χ0n) is 15.0. The highest BCUT2D eigenvalue weighted by Crippen LogP contribution is 2.16. The molecular formula is C17H18ClN7O2. The van der Waals surface area contributed by atoms with Crippen molar-refractivity contribution >= 4 is 34.9 Å². The Morgan fingerprint density at radius 2 is 2.11 bits per heavy atom. The Hall–Kier alpha value is -3.20. The van der Waals surface area contributed by atoms with E-state index in [0.29, 0.717) is 17.5 Å². The number of allylic oxidation sites excluding steroid dienone is 2. The molecule has 9 nitrogen and oxygen atoms in total. The molecule has 0 aliphatic rings. The molecule has 3 aromatic heterocycles. The molecule has 0 aliphatic carbocycles. The number of nitrogens with zero attached hydrogens (tertiary/aromatic N) is 6. The third kappa shape index (κ3) is 3.68. The van der Waals surface area contributed by atoms with Gasteiger partial charge in [0.25, 0.3) is 5.56 Å². The van der Waals surface area contributed by atoms with Crippen molar-refractivity contribution in [2.24, 2.45) is 19.2 Å². The first-order chi connectivity index (χ1) is 12.9. The molecule has 1 N–H and O–H groups in total. The van der Waals surface area contributed by atoms with Crippen LogP contribution in [0.25, 0.3) is 11.2 Å². The highest BCUT2D eigenvalue weighted by Gasteiger charge is 2.18. The van der Waals surface area contributed by atoms with Crippen molar-refractivity contribution in [2.45, 2.75) is 13.5 Å². The van der Waals surface area contributed by atoms with Gasteiger partial charge in [0.2, 0.25) is 5.95 Å². The molecule has 0 amide bonds. The highest BCUT2D eigenvalue weighted by atomic mass is 35.5. The zero-order valence-corrected chi connectivity index (χ0v) is 15.8. The van der Waals surface area contributed by atoms with E-state index < -0.39 is 11.2 Å². The van der Waals surface area contributed by atoms with Crippen molar-refractivity contribution in [1.82, 2.24) is 23.7 Å². The molecule has 3 aromatic rings. The third-order valence-electron chi connectivity index (χ3n) is 3.97. The van der Waals surface area contributed by atoms with Gasteiger partial charge in [0.15, 0.2) is 11.2 Å². The number of nitrogens with one attached hydrogen (secondary N) is 1. The minimum atomic E-state index is -0.452. The van der Waals surface area contributed by atoms with Gasteiger partial charge in [0, 0.05) is 43.6 Å². The van der Waals surface area contributed by atoms with E-state index >= 15 is 0 Å². The minimum absolute atomic E-state index is 0.266. The van der Waals surface area contributed by atoms with Gasteiger partial charge in [0.1, 0.15) is 0 Å². The van der Waals surface area contributed by atoms with Crippen LogP contribution in [0.15, 0.2) is 50.3 Å². The Kier molecular flexibility index (Phi) is 5.22. The summed E-state index contributed by atoms with van der Waals surface area (Å²) in [5.41, 5.74) is 3.28. The maximum atomic E-state index is 12.6. The number of hydrogen-bond donors (Lipinski definition) is 1. The van der Waals surface area contributed by atoms with E-state index in [1.807, 2.05) is 6.07 Å². The number of fused-ring (bicyclic) bond motifs is 1. The second-order valence-corrected chi connectivity index (χ2v) is 6.47. The van der Waals surface area contributed by atoms with Gasteiger partial charge in [-0.3, -0.25) is 23.5 Å². The van der Waals surface area contributed by atoms with Crippen molar-refractivity contribution in [3.63, 3.8) is 0 Å². The van der Waals surface area contributed by atoms with E-state index in [-0.39, 0.29) is 11.2 Å². The topological polar surface area (TPSA) is 99.1 Å². The van der Waals surface area contributed by atoms with Gasteiger partial charge in [-0.2, -0.15) is 10.1 Å². The summed E-state index contributed by atoms with van der Waals surface area (Å²) < 4.78 is 3.99. The smallest absolute Gasteiger partial charge is 0.299 e. The summed E-state index contributed by atoms with van der Waals surface area (Å²) in [6.45, 7) is 2.03. The van der Waals surface area contributed by atoms with Gasteiger partial charge in [-0.25, -0.2) is 10.2 Å². The van der Waals surface area contributed by atoms with Crippen LogP contribution in [0.2, 0.25) is 0 Å². The number of hydrazone groups is 1. The molecule has 0 atom stereocenters. The molecule has 0 saturated heterocycles. The van der Waals surface area contributed by atoms with Crippen LogP contribution in [0.5, 0.6) is 0 Å². The number of halogens is 1. The van der Waals surface area contributed by atoms with Crippen LogP contribution in [0.3, 0.4) is 0 Å². The molecule has 0 bridgehead atoms. The molecule has 3 heterocycles. The summed E-state index contributed by atoms with van der Waals surface area (Å²) >= 11 is 5.94. The molecule has 0 saturated carbocycles. The maximum absolute atomic E-state index is 12.6. The molecule has 0 radical (unpaired) electrons. The van der Waals surface area contributed by atoms with Crippen molar-refractivity contribution in [1.29, 1.82) is 0 Å². The molecule has 0 fully saturated rings. The molecule has 0 unspecified atom stereocenters. The first kappa shape index (κ1) is 18.6. The Balaban J connectivity index is 2.12.